The molecule has 0 amide bonds. The first-order valence-corrected chi connectivity index (χ1v) is 6.35. The molecule has 0 aliphatic heterocycles. The molecule has 0 saturated heterocycles. The maximum atomic E-state index is 4.18. The molecule has 0 heterocycles. The van der Waals surface area contributed by atoms with Gasteiger partial charge in [0.25, 0.3) is 0 Å². The third-order valence-corrected chi connectivity index (χ3v) is 3.22. The first kappa shape index (κ1) is 13.0. The second-order valence-corrected chi connectivity index (χ2v) is 4.92. The zero-order valence-corrected chi connectivity index (χ0v) is 11.1. The first-order chi connectivity index (χ1) is 7.56. The summed E-state index contributed by atoms with van der Waals surface area (Å²) in [6.45, 7) is 13.0. The van der Waals surface area contributed by atoms with Crippen molar-refractivity contribution in [2.45, 2.75) is 47.0 Å². The van der Waals surface area contributed by atoms with Crippen LogP contribution in [-0.4, -0.2) is 0 Å². The van der Waals surface area contributed by atoms with Gasteiger partial charge in [0.15, 0.2) is 0 Å². The molecule has 0 saturated carbocycles. The van der Waals surface area contributed by atoms with E-state index in [0.29, 0.717) is 5.92 Å². The van der Waals surface area contributed by atoms with Gasteiger partial charge in [0.2, 0.25) is 0 Å². The number of hydrogen-bond donors (Lipinski definition) is 0. The van der Waals surface area contributed by atoms with Crippen molar-refractivity contribution in [1.82, 2.24) is 0 Å². The monoisotopic (exact) mass is 216 g/mol. The van der Waals surface area contributed by atoms with Crippen LogP contribution < -0.4 is 0 Å². The Morgan fingerprint density at radius 1 is 1.31 bits per heavy atom. The smallest absolute Gasteiger partial charge is 0.0219 e. The molecule has 1 aromatic rings. The highest BCUT2D eigenvalue weighted by molar-refractivity contribution is 5.65. The maximum Gasteiger partial charge on any atom is -0.0219 e. The molecule has 0 fully saturated rings. The minimum absolute atomic E-state index is 0.529. The van der Waals surface area contributed by atoms with E-state index < -0.39 is 0 Å². The lowest BCUT2D eigenvalue weighted by Crippen LogP contribution is -1.96. The number of allylic oxidation sites excluding steroid dienone is 1. The molecule has 0 heteroatoms. The molecular weight excluding hydrogens is 192 g/mol. The fraction of sp³-hybridized carbons (Fsp3) is 0.500. The van der Waals surface area contributed by atoms with E-state index in [4.69, 9.17) is 0 Å². The average Bonchev–Trinajstić information content (AvgIpc) is 2.27. The molecule has 0 bridgehead atoms. The van der Waals surface area contributed by atoms with E-state index in [0.717, 1.165) is 0 Å². The SMILES string of the molecule is C=C(c1ccc(C)c(CCCC)c1)C(C)C. The fourth-order valence-corrected chi connectivity index (χ4v) is 1.84. The molecule has 0 atom stereocenters. The first-order valence-electron chi connectivity index (χ1n) is 6.35. The number of rotatable bonds is 5. The Bertz CT molecular complexity index is 358. The van der Waals surface area contributed by atoms with Gasteiger partial charge in [-0.25, -0.2) is 0 Å². The normalized spacial score (nSPS) is 10.8. The van der Waals surface area contributed by atoms with Gasteiger partial charge in [-0.05, 0) is 47.9 Å². The van der Waals surface area contributed by atoms with Crippen molar-refractivity contribution < 1.29 is 0 Å². The zero-order valence-electron chi connectivity index (χ0n) is 11.1. The van der Waals surface area contributed by atoms with E-state index >= 15 is 0 Å². The topological polar surface area (TPSA) is 0 Å². The molecule has 0 radical (unpaired) electrons. The summed E-state index contributed by atoms with van der Waals surface area (Å²) in [6.07, 6.45) is 3.73. The summed E-state index contributed by atoms with van der Waals surface area (Å²) in [7, 11) is 0. The van der Waals surface area contributed by atoms with Crippen LogP contribution in [0.4, 0.5) is 0 Å². The third kappa shape index (κ3) is 3.23. The Morgan fingerprint density at radius 3 is 2.56 bits per heavy atom. The summed E-state index contributed by atoms with van der Waals surface area (Å²) >= 11 is 0. The number of benzene rings is 1. The van der Waals surface area contributed by atoms with Crippen LogP contribution in [0.15, 0.2) is 24.8 Å². The Kier molecular flexibility index (Phi) is 4.79. The van der Waals surface area contributed by atoms with Gasteiger partial charge in [0, 0.05) is 0 Å². The van der Waals surface area contributed by atoms with Gasteiger partial charge >= 0.3 is 0 Å². The van der Waals surface area contributed by atoms with Gasteiger partial charge in [-0.15, -0.1) is 0 Å². The standard InChI is InChI=1S/C16H24/c1-6-7-8-15-11-16(10-9-13(15)4)14(5)12(2)3/h9-12H,5-8H2,1-4H3. The van der Waals surface area contributed by atoms with Crippen molar-refractivity contribution in [1.29, 1.82) is 0 Å². The van der Waals surface area contributed by atoms with Gasteiger partial charge in [0.05, 0.1) is 0 Å². The Labute approximate surface area is 100 Å². The van der Waals surface area contributed by atoms with Crippen LogP contribution in [0.25, 0.3) is 5.57 Å². The van der Waals surface area contributed by atoms with Crippen LogP contribution in [0.5, 0.6) is 0 Å². The lowest BCUT2D eigenvalue weighted by Gasteiger charge is -2.13. The van der Waals surface area contributed by atoms with Crippen LogP contribution in [-0.2, 0) is 6.42 Å². The van der Waals surface area contributed by atoms with E-state index in [1.165, 1.54) is 41.5 Å². The highest BCUT2D eigenvalue weighted by atomic mass is 14.1. The van der Waals surface area contributed by atoms with Gasteiger partial charge in [-0.2, -0.15) is 0 Å². The highest BCUT2D eigenvalue weighted by Gasteiger charge is 2.06. The summed E-state index contributed by atoms with van der Waals surface area (Å²) in [5.74, 6) is 0.529. The van der Waals surface area contributed by atoms with Crippen molar-refractivity contribution in [3.63, 3.8) is 0 Å². The van der Waals surface area contributed by atoms with Crippen LogP contribution in [0.3, 0.4) is 0 Å². The predicted octanol–water partition coefficient (Wildman–Crippen LogP) is 5.01. The Balaban J connectivity index is 2.93. The van der Waals surface area contributed by atoms with E-state index in [1.54, 1.807) is 0 Å². The molecule has 16 heavy (non-hydrogen) atoms. The minimum Gasteiger partial charge on any atom is -0.0950 e. The van der Waals surface area contributed by atoms with Gasteiger partial charge in [0.1, 0.15) is 0 Å². The van der Waals surface area contributed by atoms with Crippen LogP contribution in [0, 0.1) is 12.8 Å². The van der Waals surface area contributed by atoms with Gasteiger partial charge in [-0.3, -0.25) is 0 Å². The van der Waals surface area contributed by atoms with E-state index in [9.17, 15) is 0 Å². The molecule has 0 aliphatic rings. The lowest BCUT2D eigenvalue weighted by atomic mass is 9.92. The third-order valence-electron chi connectivity index (χ3n) is 3.22. The van der Waals surface area contributed by atoms with Crippen molar-refractivity contribution in [3.8, 4) is 0 Å². The van der Waals surface area contributed by atoms with Gasteiger partial charge < -0.3 is 0 Å². The minimum atomic E-state index is 0.529. The van der Waals surface area contributed by atoms with Crippen molar-refractivity contribution in [2.24, 2.45) is 5.92 Å². The van der Waals surface area contributed by atoms with Crippen molar-refractivity contribution in [2.75, 3.05) is 0 Å². The molecule has 1 aromatic carbocycles. The second-order valence-electron chi connectivity index (χ2n) is 4.92. The fourth-order valence-electron chi connectivity index (χ4n) is 1.84. The largest absolute Gasteiger partial charge is 0.0950 e. The zero-order chi connectivity index (χ0) is 12.1. The molecule has 1 rings (SSSR count). The van der Waals surface area contributed by atoms with E-state index in [1.807, 2.05) is 0 Å². The van der Waals surface area contributed by atoms with Crippen molar-refractivity contribution >= 4 is 5.57 Å². The molecule has 0 aromatic heterocycles. The number of aryl methyl sites for hydroxylation is 2. The summed E-state index contributed by atoms with van der Waals surface area (Å²) in [5, 5.41) is 0. The Morgan fingerprint density at radius 2 is 2.00 bits per heavy atom. The number of unbranched alkanes of at least 4 members (excludes halogenated alkanes) is 1. The molecule has 0 aliphatic carbocycles. The van der Waals surface area contributed by atoms with Crippen LogP contribution in [0.1, 0.15) is 50.3 Å². The van der Waals surface area contributed by atoms with E-state index in [-0.39, 0.29) is 0 Å². The number of hydrogen-bond acceptors (Lipinski definition) is 0. The average molecular weight is 216 g/mol. The molecule has 0 unspecified atom stereocenters. The van der Waals surface area contributed by atoms with Crippen LogP contribution in [0.2, 0.25) is 0 Å². The molecular formula is C16H24. The molecule has 0 nitrogen and oxygen atoms in total. The summed E-state index contributed by atoms with van der Waals surface area (Å²) in [6, 6.07) is 6.76. The Hall–Kier alpha value is -1.04. The summed E-state index contributed by atoms with van der Waals surface area (Å²) in [5.41, 5.74) is 5.46. The molecule has 0 spiro atoms. The second kappa shape index (κ2) is 5.89. The molecule has 88 valence electrons. The quantitative estimate of drug-likeness (QED) is 0.649. The highest BCUT2D eigenvalue weighted by Crippen LogP contribution is 2.24. The lowest BCUT2D eigenvalue weighted by molar-refractivity contribution is 0.790. The van der Waals surface area contributed by atoms with Gasteiger partial charge in [-0.1, -0.05) is 52.0 Å². The maximum absolute atomic E-state index is 4.18. The predicted molar refractivity (Wildman–Crippen MR) is 73.7 cm³/mol. The van der Waals surface area contributed by atoms with Crippen molar-refractivity contribution in [3.05, 3.63) is 41.5 Å². The van der Waals surface area contributed by atoms with Crippen LogP contribution >= 0.6 is 0 Å². The van der Waals surface area contributed by atoms with E-state index in [2.05, 4.69) is 52.5 Å². The summed E-state index contributed by atoms with van der Waals surface area (Å²) < 4.78 is 0. The summed E-state index contributed by atoms with van der Waals surface area (Å²) in [4.78, 5) is 0. The molecule has 0 N–H and O–H groups in total.